The monoisotopic (exact) mass is 366 g/mol. The number of rotatable bonds is 5. The number of methoxy groups -OCH3 is 1. The fourth-order valence-electron chi connectivity index (χ4n) is 1.70. The van der Waals surface area contributed by atoms with Gasteiger partial charge in [0.05, 0.1) is 7.11 Å². The molecule has 21 heavy (non-hydrogen) atoms. The van der Waals surface area contributed by atoms with E-state index in [1.54, 1.807) is 19.5 Å². The summed E-state index contributed by atoms with van der Waals surface area (Å²) in [5.41, 5.74) is 1.19. The third-order valence-corrected chi connectivity index (χ3v) is 3.55. The summed E-state index contributed by atoms with van der Waals surface area (Å²) in [4.78, 5) is 8.21. The molecule has 1 aromatic carbocycles. The molecule has 110 valence electrons. The first-order valence-electron chi connectivity index (χ1n) is 6.33. The Morgan fingerprint density at radius 2 is 2.14 bits per heavy atom. The van der Waals surface area contributed by atoms with Crippen LogP contribution in [0.25, 0.3) is 0 Å². The first kappa shape index (κ1) is 15.7. The second-order valence-corrected chi connectivity index (χ2v) is 5.34. The van der Waals surface area contributed by atoms with Crippen LogP contribution in [0.5, 0.6) is 5.75 Å². The summed E-state index contributed by atoms with van der Waals surface area (Å²) >= 11 is 8.53. The average Bonchev–Trinajstić information content (AvgIpc) is 2.50. The number of hydrogen-bond acceptors (Lipinski definition) is 4. The first-order valence-corrected chi connectivity index (χ1v) is 7.53. The molecule has 0 amide bonds. The highest BCUT2D eigenvalue weighted by Crippen LogP contribution is 2.15. The van der Waals surface area contributed by atoms with Crippen LogP contribution in [0.3, 0.4) is 0 Å². The fourth-order valence-corrected chi connectivity index (χ4v) is 2.22. The molecule has 0 atom stereocenters. The fraction of sp³-hybridized carbons (Fsp3) is 0.214. The third-order valence-electron chi connectivity index (χ3n) is 2.72. The largest absolute Gasteiger partial charge is 0.497 e. The standard InChI is InChI=1S/C14H15BrN4OS/c1-20-11-4-2-3-10(9-11)5-6-18-14(21)19-13-12(15)16-7-8-17-13/h2-4,7-9H,5-6H2,1H3,(H2,17,18,19,21). The molecule has 0 unspecified atom stereocenters. The van der Waals surface area contributed by atoms with E-state index in [1.807, 2.05) is 18.2 Å². The molecule has 0 aliphatic heterocycles. The minimum Gasteiger partial charge on any atom is -0.497 e. The van der Waals surface area contributed by atoms with Crippen molar-refractivity contribution in [3.8, 4) is 5.75 Å². The second kappa shape index (κ2) is 7.90. The lowest BCUT2D eigenvalue weighted by Gasteiger charge is -2.10. The van der Waals surface area contributed by atoms with Crippen molar-refractivity contribution >= 4 is 39.1 Å². The number of anilines is 1. The average molecular weight is 367 g/mol. The summed E-state index contributed by atoms with van der Waals surface area (Å²) in [5, 5.41) is 6.64. The van der Waals surface area contributed by atoms with E-state index in [0.717, 1.165) is 18.7 Å². The van der Waals surface area contributed by atoms with Gasteiger partial charge in [0.2, 0.25) is 0 Å². The molecule has 1 heterocycles. The summed E-state index contributed by atoms with van der Waals surface area (Å²) in [7, 11) is 1.66. The van der Waals surface area contributed by atoms with E-state index in [-0.39, 0.29) is 0 Å². The Morgan fingerprint density at radius 1 is 1.33 bits per heavy atom. The highest BCUT2D eigenvalue weighted by atomic mass is 79.9. The lowest BCUT2D eigenvalue weighted by molar-refractivity contribution is 0.414. The van der Waals surface area contributed by atoms with Gasteiger partial charge in [0.1, 0.15) is 10.4 Å². The maximum absolute atomic E-state index is 5.22. The van der Waals surface area contributed by atoms with Gasteiger partial charge in [0.25, 0.3) is 0 Å². The van der Waals surface area contributed by atoms with Crippen molar-refractivity contribution in [3.05, 3.63) is 46.8 Å². The van der Waals surface area contributed by atoms with Gasteiger partial charge in [-0.15, -0.1) is 0 Å². The normalized spacial score (nSPS) is 10.0. The molecule has 0 bridgehead atoms. The van der Waals surface area contributed by atoms with Gasteiger partial charge in [-0.1, -0.05) is 12.1 Å². The van der Waals surface area contributed by atoms with Crippen molar-refractivity contribution in [2.75, 3.05) is 19.0 Å². The topological polar surface area (TPSA) is 59.1 Å². The minimum atomic E-state index is 0.513. The molecule has 0 radical (unpaired) electrons. The van der Waals surface area contributed by atoms with Crippen molar-refractivity contribution in [1.82, 2.24) is 15.3 Å². The summed E-state index contributed by atoms with van der Waals surface area (Å²) in [6.45, 7) is 0.719. The van der Waals surface area contributed by atoms with Gasteiger partial charge < -0.3 is 15.4 Å². The van der Waals surface area contributed by atoms with E-state index < -0.39 is 0 Å². The van der Waals surface area contributed by atoms with Crippen LogP contribution >= 0.6 is 28.1 Å². The van der Waals surface area contributed by atoms with Crippen LogP contribution in [0.15, 0.2) is 41.3 Å². The molecule has 1 aromatic heterocycles. The van der Waals surface area contributed by atoms with E-state index in [9.17, 15) is 0 Å². The molecule has 7 heteroatoms. The Bertz CT molecular complexity index is 623. The zero-order chi connectivity index (χ0) is 15.1. The van der Waals surface area contributed by atoms with Crippen LogP contribution < -0.4 is 15.4 Å². The number of aromatic nitrogens is 2. The Morgan fingerprint density at radius 3 is 2.90 bits per heavy atom. The summed E-state index contributed by atoms with van der Waals surface area (Å²) in [6.07, 6.45) is 4.06. The molecule has 2 aromatic rings. The number of halogens is 1. The van der Waals surface area contributed by atoms with Crippen molar-refractivity contribution in [3.63, 3.8) is 0 Å². The van der Waals surface area contributed by atoms with Gasteiger partial charge in [-0.2, -0.15) is 0 Å². The van der Waals surface area contributed by atoms with Gasteiger partial charge in [-0.05, 0) is 52.3 Å². The van der Waals surface area contributed by atoms with Crippen molar-refractivity contribution < 1.29 is 4.74 Å². The Labute approximate surface area is 137 Å². The van der Waals surface area contributed by atoms with E-state index in [4.69, 9.17) is 17.0 Å². The maximum atomic E-state index is 5.22. The molecular formula is C14H15BrN4OS. The number of thiocarbonyl (C=S) groups is 1. The molecule has 0 aliphatic carbocycles. The number of nitrogens with zero attached hydrogens (tertiary/aromatic N) is 2. The lowest BCUT2D eigenvalue weighted by atomic mass is 10.1. The Kier molecular flexibility index (Phi) is 5.89. The van der Waals surface area contributed by atoms with Crippen LogP contribution in [0.4, 0.5) is 5.82 Å². The van der Waals surface area contributed by atoms with Crippen LogP contribution in [-0.2, 0) is 6.42 Å². The molecule has 0 spiro atoms. The Balaban J connectivity index is 1.80. The highest BCUT2D eigenvalue weighted by molar-refractivity contribution is 9.10. The van der Waals surface area contributed by atoms with E-state index >= 15 is 0 Å². The summed E-state index contributed by atoms with van der Waals surface area (Å²) in [6, 6.07) is 7.97. The van der Waals surface area contributed by atoms with E-state index in [2.05, 4.69) is 42.6 Å². The predicted octanol–water partition coefficient (Wildman–Crippen LogP) is 2.78. The van der Waals surface area contributed by atoms with Crippen LogP contribution in [-0.4, -0.2) is 28.7 Å². The van der Waals surface area contributed by atoms with Gasteiger partial charge in [-0.3, -0.25) is 0 Å². The van der Waals surface area contributed by atoms with Gasteiger partial charge >= 0.3 is 0 Å². The lowest BCUT2D eigenvalue weighted by Crippen LogP contribution is -2.30. The quantitative estimate of drug-likeness (QED) is 0.793. The molecule has 2 N–H and O–H groups in total. The SMILES string of the molecule is COc1cccc(CCNC(=S)Nc2nccnc2Br)c1. The van der Waals surface area contributed by atoms with E-state index in [1.165, 1.54) is 5.56 Å². The number of ether oxygens (including phenoxy) is 1. The molecule has 2 rings (SSSR count). The predicted molar refractivity (Wildman–Crippen MR) is 90.7 cm³/mol. The van der Waals surface area contributed by atoms with Crippen LogP contribution in [0.2, 0.25) is 0 Å². The molecular weight excluding hydrogens is 352 g/mol. The van der Waals surface area contributed by atoms with Gasteiger partial charge in [0, 0.05) is 18.9 Å². The van der Waals surface area contributed by atoms with E-state index in [0.29, 0.717) is 15.5 Å². The zero-order valence-electron chi connectivity index (χ0n) is 11.5. The number of nitrogens with one attached hydrogen (secondary N) is 2. The molecule has 0 saturated carbocycles. The molecule has 0 fully saturated rings. The van der Waals surface area contributed by atoms with Crippen LogP contribution in [0, 0.1) is 0 Å². The smallest absolute Gasteiger partial charge is 0.172 e. The minimum absolute atomic E-state index is 0.513. The first-order chi connectivity index (χ1) is 10.2. The summed E-state index contributed by atoms with van der Waals surface area (Å²) < 4.78 is 5.82. The second-order valence-electron chi connectivity index (χ2n) is 4.18. The van der Waals surface area contributed by atoms with Crippen molar-refractivity contribution in [2.24, 2.45) is 0 Å². The Hall–Kier alpha value is -1.73. The van der Waals surface area contributed by atoms with Crippen LogP contribution in [0.1, 0.15) is 5.56 Å². The van der Waals surface area contributed by atoms with Gasteiger partial charge in [0.15, 0.2) is 10.9 Å². The van der Waals surface area contributed by atoms with Gasteiger partial charge in [-0.25, -0.2) is 9.97 Å². The van der Waals surface area contributed by atoms with Crippen molar-refractivity contribution in [2.45, 2.75) is 6.42 Å². The zero-order valence-corrected chi connectivity index (χ0v) is 13.9. The highest BCUT2D eigenvalue weighted by Gasteiger charge is 2.03. The number of benzene rings is 1. The third kappa shape index (κ3) is 4.95. The van der Waals surface area contributed by atoms with Crippen molar-refractivity contribution in [1.29, 1.82) is 0 Å². The summed E-state index contributed by atoms with van der Waals surface area (Å²) in [5.74, 6) is 1.45. The molecule has 0 aliphatic rings. The maximum Gasteiger partial charge on any atom is 0.172 e. The number of hydrogen-bond donors (Lipinski definition) is 2. The molecule has 0 saturated heterocycles. The molecule has 5 nitrogen and oxygen atoms in total.